The van der Waals surface area contributed by atoms with Crippen molar-refractivity contribution in [3.05, 3.63) is 114 Å². The second-order valence-electron chi connectivity index (χ2n) is 8.17. The van der Waals surface area contributed by atoms with Gasteiger partial charge in [-0.1, -0.05) is 49.6 Å². The van der Waals surface area contributed by atoms with Crippen LogP contribution in [0.2, 0.25) is 0 Å². The van der Waals surface area contributed by atoms with Crippen LogP contribution in [0, 0.1) is 0 Å². The standard InChI is InChI=1S/C28H16N2O4/c1-3-13-14(4-2)27(33)21-17(25(13)31)9-11-19-23(21)29-20-12-10-18-22(24(20)30-19)28(34)16-8-6-5-7-15(16)26(18)32/h3-12,29-30H,1-2H2. The molecule has 6 rings (SSSR count). The molecule has 6 aromatic rings. The Balaban J connectivity index is 1.86. The molecule has 0 fully saturated rings. The zero-order valence-corrected chi connectivity index (χ0v) is 17.8. The molecule has 0 aliphatic heterocycles. The van der Waals surface area contributed by atoms with E-state index in [2.05, 4.69) is 23.1 Å². The minimum absolute atomic E-state index is 0.191. The van der Waals surface area contributed by atoms with E-state index in [1.54, 1.807) is 48.5 Å². The van der Waals surface area contributed by atoms with E-state index in [9.17, 15) is 19.2 Å². The third-order valence-corrected chi connectivity index (χ3v) is 6.48. The maximum atomic E-state index is 13.4. The fourth-order valence-corrected chi connectivity index (χ4v) is 4.88. The highest BCUT2D eigenvalue weighted by Crippen LogP contribution is 2.26. The van der Waals surface area contributed by atoms with Gasteiger partial charge in [-0.15, -0.1) is 0 Å². The predicted octanol–water partition coefficient (Wildman–Crippen LogP) is 4.27. The van der Waals surface area contributed by atoms with E-state index in [0.717, 1.165) is 0 Å². The number of nitrogens with one attached hydrogen (secondary N) is 2. The van der Waals surface area contributed by atoms with Crippen molar-refractivity contribution in [3.63, 3.8) is 0 Å². The van der Waals surface area contributed by atoms with E-state index >= 15 is 0 Å². The first kappa shape index (κ1) is 19.8. The molecule has 0 bridgehead atoms. The van der Waals surface area contributed by atoms with Crippen LogP contribution in [-0.2, 0) is 0 Å². The monoisotopic (exact) mass is 444 g/mol. The van der Waals surface area contributed by atoms with Crippen molar-refractivity contribution in [1.29, 1.82) is 0 Å². The predicted molar refractivity (Wildman–Crippen MR) is 139 cm³/mol. The lowest BCUT2D eigenvalue weighted by Crippen LogP contribution is -2.19. The van der Waals surface area contributed by atoms with Gasteiger partial charge in [0.25, 0.3) is 0 Å². The average molecular weight is 444 g/mol. The molecule has 0 spiro atoms. The van der Waals surface area contributed by atoms with Crippen molar-refractivity contribution in [3.8, 4) is 0 Å². The van der Waals surface area contributed by atoms with Gasteiger partial charge in [-0.05, 0) is 24.3 Å². The summed E-state index contributed by atoms with van der Waals surface area (Å²) in [6.45, 7) is 7.35. The Hall–Kier alpha value is -4.84. The number of aromatic nitrogens is 2. The Labute approximate surface area is 190 Å². The first-order valence-electron chi connectivity index (χ1n) is 10.6. The van der Waals surface area contributed by atoms with Crippen molar-refractivity contribution < 1.29 is 0 Å². The van der Waals surface area contributed by atoms with Gasteiger partial charge in [0.2, 0.25) is 0 Å². The molecule has 1 aromatic heterocycles. The maximum absolute atomic E-state index is 13.4. The topological polar surface area (TPSA) is 99.9 Å². The highest BCUT2D eigenvalue weighted by atomic mass is 16.1. The molecule has 0 aliphatic rings. The molecule has 0 saturated heterocycles. The van der Waals surface area contributed by atoms with Gasteiger partial charge in [-0.25, -0.2) is 0 Å². The lowest BCUT2D eigenvalue weighted by molar-refractivity contribution is 1.41. The summed E-state index contributed by atoms with van der Waals surface area (Å²) in [5, 5.41) is 1.82. The fraction of sp³-hybridized carbons (Fsp3) is 0. The van der Waals surface area contributed by atoms with E-state index in [-0.39, 0.29) is 49.0 Å². The second-order valence-corrected chi connectivity index (χ2v) is 8.17. The Kier molecular flexibility index (Phi) is 3.98. The molecular formula is C28H16N2O4. The van der Waals surface area contributed by atoms with E-state index in [1.807, 2.05) is 0 Å². The molecule has 0 aliphatic carbocycles. The summed E-state index contributed by atoms with van der Waals surface area (Å²) in [6, 6.07) is 13.3. The van der Waals surface area contributed by atoms with E-state index in [0.29, 0.717) is 38.2 Å². The summed E-state index contributed by atoms with van der Waals surface area (Å²) >= 11 is 0. The summed E-state index contributed by atoms with van der Waals surface area (Å²) in [4.78, 5) is 59.2. The van der Waals surface area contributed by atoms with Gasteiger partial charge < -0.3 is 9.97 Å². The SMILES string of the molecule is C=Cc1c(C=C)c(=O)c2c(ccc3[nH]c4c(ccc5c(=O)c6ccccc6c(=O)c54)[nH]c32)c1=O. The van der Waals surface area contributed by atoms with Gasteiger partial charge in [0, 0.05) is 32.7 Å². The van der Waals surface area contributed by atoms with Gasteiger partial charge in [0.05, 0.1) is 32.8 Å². The van der Waals surface area contributed by atoms with Crippen LogP contribution in [0.1, 0.15) is 11.1 Å². The lowest BCUT2D eigenvalue weighted by atomic mass is 9.97. The molecule has 0 amide bonds. The number of benzene rings is 5. The molecule has 0 saturated carbocycles. The van der Waals surface area contributed by atoms with Crippen LogP contribution < -0.4 is 21.7 Å². The molecule has 0 unspecified atom stereocenters. The minimum Gasteiger partial charge on any atom is -0.351 e. The number of hydrogen-bond acceptors (Lipinski definition) is 4. The largest absolute Gasteiger partial charge is 0.351 e. The zero-order chi connectivity index (χ0) is 23.7. The summed E-state index contributed by atoms with van der Waals surface area (Å²) in [5.74, 6) is 0. The Morgan fingerprint density at radius 2 is 1.00 bits per heavy atom. The molecule has 6 heteroatoms. The van der Waals surface area contributed by atoms with Crippen LogP contribution in [0.25, 0.3) is 66.5 Å². The zero-order valence-electron chi connectivity index (χ0n) is 17.8. The highest BCUT2D eigenvalue weighted by molar-refractivity contribution is 6.13. The third kappa shape index (κ3) is 2.39. The molecular weight excluding hydrogens is 428 g/mol. The van der Waals surface area contributed by atoms with Gasteiger partial charge in [-0.2, -0.15) is 0 Å². The van der Waals surface area contributed by atoms with Crippen molar-refractivity contribution in [2.24, 2.45) is 0 Å². The Morgan fingerprint density at radius 1 is 0.529 bits per heavy atom. The van der Waals surface area contributed by atoms with Crippen LogP contribution >= 0.6 is 0 Å². The number of rotatable bonds is 2. The molecule has 0 radical (unpaired) electrons. The van der Waals surface area contributed by atoms with Gasteiger partial charge >= 0.3 is 0 Å². The third-order valence-electron chi connectivity index (χ3n) is 6.48. The first-order chi connectivity index (χ1) is 16.5. The van der Waals surface area contributed by atoms with Crippen molar-refractivity contribution in [2.75, 3.05) is 0 Å². The highest BCUT2D eigenvalue weighted by Gasteiger charge is 2.18. The molecule has 162 valence electrons. The quantitative estimate of drug-likeness (QED) is 0.308. The van der Waals surface area contributed by atoms with E-state index in [1.165, 1.54) is 12.2 Å². The van der Waals surface area contributed by atoms with Crippen molar-refractivity contribution >= 4 is 66.5 Å². The maximum Gasteiger partial charge on any atom is 0.196 e. The first-order valence-corrected chi connectivity index (χ1v) is 10.6. The van der Waals surface area contributed by atoms with Crippen LogP contribution in [0.3, 0.4) is 0 Å². The van der Waals surface area contributed by atoms with Gasteiger partial charge in [0.15, 0.2) is 21.7 Å². The van der Waals surface area contributed by atoms with Crippen LogP contribution in [-0.4, -0.2) is 9.97 Å². The smallest absolute Gasteiger partial charge is 0.196 e. The lowest BCUT2D eigenvalue weighted by Gasteiger charge is -2.11. The fourth-order valence-electron chi connectivity index (χ4n) is 4.88. The van der Waals surface area contributed by atoms with Crippen molar-refractivity contribution in [2.45, 2.75) is 0 Å². The molecule has 0 atom stereocenters. The van der Waals surface area contributed by atoms with Gasteiger partial charge in [-0.3, -0.25) is 19.2 Å². The Bertz CT molecular complexity index is 2140. The number of fused-ring (bicyclic) bond motifs is 7. The Morgan fingerprint density at radius 3 is 1.56 bits per heavy atom. The van der Waals surface area contributed by atoms with Crippen molar-refractivity contribution in [1.82, 2.24) is 9.97 Å². The van der Waals surface area contributed by atoms with Crippen LogP contribution in [0.5, 0.6) is 0 Å². The molecule has 34 heavy (non-hydrogen) atoms. The van der Waals surface area contributed by atoms with E-state index < -0.39 is 0 Å². The molecule has 1 heterocycles. The number of aromatic amines is 2. The molecule has 2 N–H and O–H groups in total. The van der Waals surface area contributed by atoms with Crippen LogP contribution in [0.4, 0.5) is 0 Å². The van der Waals surface area contributed by atoms with Crippen LogP contribution in [0.15, 0.2) is 80.9 Å². The molecule has 5 aromatic carbocycles. The number of hydrogen-bond donors (Lipinski definition) is 2. The van der Waals surface area contributed by atoms with E-state index in [4.69, 9.17) is 0 Å². The normalized spacial score (nSPS) is 11.6. The second kappa shape index (κ2) is 6.83. The number of H-pyrrole nitrogens is 2. The summed E-state index contributed by atoms with van der Waals surface area (Å²) in [7, 11) is 0. The van der Waals surface area contributed by atoms with Gasteiger partial charge in [0.1, 0.15) is 0 Å². The summed E-state index contributed by atoms with van der Waals surface area (Å²) < 4.78 is 0. The summed E-state index contributed by atoms with van der Waals surface area (Å²) in [6.07, 6.45) is 2.73. The minimum atomic E-state index is -0.341. The summed E-state index contributed by atoms with van der Waals surface area (Å²) in [5.41, 5.74) is 1.22. The average Bonchev–Trinajstić information content (AvgIpc) is 2.86. The molecule has 6 nitrogen and oxygen atoms in total.